The van der Waals surface area contributed by atoms with Crippen LogP contribution in [0.2, 0.25) is 0 Å². The number of benzene rings is 1. The first-order valence-corrected chi connectivity index (χ1v) is 10.6. The zero-order valence-electron chi connectivity index (χ0n) is 15.1. The highest BCUT2D eigenvalue weighted by atomic mass is 32.2. The van der Waals surface area contributed by atoms with Crippen LogP contribution >= 0.6 is 11.3 Å². The Bertz CT molecular complexity index is 908. The lowest BCUT2D eigenvalue weighted by molar-refractivity contribution is 0.256. The number of para-hydroxylation sites is 1. The number of nitriles is 1. The highest BCUT2D eigenvalue weighted by Gasteiger charge is 2.20. The first kappa shape index (κ1) is 19.9. The molecule has 0 saturated carbocycles. The predicted molar refractivity (Wildman–Crippen MR) is 106 cm³/mol. The van der Waals surface area contributed by atoms with E-state index in [0.29, 0.717) is 9.90 Å². The number of anilines is 1. The third kappa shape index (κ3) is 4.42. The van der Waals surface area contributed by atoms with E-state index in [1.54, 1.807) is 17.5 Å². The highest BCUT2D eigenvalue weighted by Crippen LogP contribution is 2.32. The number of amides is 2. The van der Waals surface area contributed by atoms with Gasteiger partial charge in [-0.05, 0) is 34.4 Å². The molecule has 0 fully saturated rings. The number of nitrogens with one attached hydrogen (secondary N) is 2. The van der Waals surface area contributed by atoms with Crippen molar-refractivity contribution in [3.05, 3.63) is 46.8 Å². The molecule has 0 saturated heterocycles. The molecule has 2 amide bonds. The molecular weight excluding hydrogens is 368 g/mol. The Hall–Kier alpha value is -2.37. The number of rotatable bonds is 5. The number of carbonyl (C=O) groups is 1. The minimum atomic E-state index is -3.34. The van der Waals surface area contributed by atoms with Crippen molar-refractivity contribution in [1.29, 1.82) is 5.26 Å². The molecule has 1 aromatic heterocycles. The van der Waals surface area contributed by atoms with Crippen LogP contribution in [0.4, 0.5) is 10.5 Å². The summed E-state index contributed by atoms with van der Waals surface area (Å²) in [6.07, 6.45) is 1.54. The monoisotopic (exact) mass is 390 g/mol. The maximum absolute atomic E-state index is 12.9. The number of nitrogens with zero attached hydrogens (tertiary/aromatic N) is 2. The maximum Gasteiger partial charge on any atom is 0.332 e. The molecule has 0 spiro atoms. The van der Waals surface area contributed by atoms with Crippen LogP contribution < -0.4 is 10.0 Å². The number of hydrogen-bond acceptors (Lipinski definition) is 5. The van der Waals surface area contributed by atoms with Crippen LogP contribution in [0.15, 0.2) is 44.3 Å². The fourth-order valence-electron chi connectivity index (χ4n) is 2.56. The number of carbonyl (C=O) groups excluding carboxylic acids is 1. The van der Waals surface area contributed by atoms with Crippen molar-refractivity contribution >= 4 is 33.0 Å². The largest absolute Gasteiger partial charge is 0.332 e. The van der Waals surface area contributed by atoms with E-state index in [2.05, 4.69) is 14.4 Å². The maximum atomic E-state index is 12.9. The summed E-state index contributed by atoms with van der Waals surface area (Å²) in [7, 11) is -3.34. The van der Waals surface area contributed by atoms with Gasteiger partial charge in [-0.15, -0.1) is 11.3 Å². The molecule has 138 valence electrons. The van der Waals surface area contributed by atoms with E-state index in [9.17, 15) is 9.00 Å². The van der Waals surface area contributed by atoms with Gasteiger partial charge in [0.2, 0.25) is 6.19 Å². The van der Waals surface area contributed by atoms with Gasteiger partial charge in [0.15, 0.2) is 9.92 Å². The van der Waals surface area contributed by atoms with E-state index in [1.165, 1.54) is 17.5 Å². The van der Waals surface area contributed by atoms with Crippen LogP contribution in [-0.4, -0.2) is 10.2 Å². The summed E-state index contributed by atoms with van der Waals surface area (Å²) in [5.74, 6) is 0.406. The van der Waals surface area contributed by atoms with Crippen molar-refractivity contribution in [1.82, 2.24) is 4.72 Å². The molecular formula is C18H22N4O2S2. The van der Waals surface area contributed by atoms with Gasteiger partial charge in [-0.3, -0.25) is 0 Å². The molecule has 1 atom stereocenters. The highest BCUT2D eigenvalue weighted by molar-refractivity contribution is 7.94. The van der Waals surface area contributed by atoms with Gasteiger partial charge in [0.05, 0.1) is 0 Å². The Kier molecular flexibility index (Phi) is 6.40. The third-order valence-electron chi connectivity index (χ3n) is 3.78. The van der Waals surface area contributed by atoms with Crippen LogP contribution in [0, 0.1) is 11.5 Å². The van der Waals surface area contributed by atoms with Crippen molar-refractivity contribution < 1.29 is 9.00 Å². The zero-order valence-corrected chi connectivity index (χ0v) is 16.8. The van der Waals surface area contributed by atoms with E-state index in [4.69, 9.17) is 5.26 Å². The van der Waals surface area contributed by atoms with Crippen LogP contribution in [0.1, 0.15) is 50.7 Å². The normalized spacial score (nSPS) is 13.1. The summed E-state index contributed by atoms with van der Waals surface area (Å²) < 4.78 is 19.1. The van der Waals surface area contributed by atoms with Gasteiger partial charge >= 0.3 is 6.03 Å². The molecule has 0 bridgehead atoms. The average molecular weight is 391 g/mol. The smallest absolute Gasteiger partial charge is 0.307 e. The Balaban J connectivity index is 2.38. The Morgan fingerprint density at radius 1 is 1.15 bits per heavy atom. The zero-order chi connectivity index (χ0) is 19.3. The van der Waals surface area contributed by atoms with Crippen LogP contribution in [-0.2, 0) is 9.92 Å². The summed E-state index contributed by atoms with van der Waals surface area (Å²) in [4.78, 5) is 12.6. The van der Waals surface area contributed by atoms with Gasteiger partial charge in [-0.25, -0.2) is 13.7 Å². The molecule has 1 heterocycles. The lowest BCUT2D eigenvalue weighted by Gasteiger charge is -2.20. The fraction of sp³-hybridized carbons (Fsp3) is 0.333. The van der Waals surface area contributed by atoms with Crippen molar-refractivity contribution in [2.45, 2.75) is 43.7 Å². The molecule has 0 aliphatic carbocycles. The van der Waals surface area contributed by atoms with E-state index >= 15 is 0 Å². The van der Waals surface area contributed by atoms with Gasteiger partial charge in [-0.2, -0.15) is 5.26 Å². The summed E-state index contributed by atoms with van der Waals surface area (Å²) in [5.41, 5.74) is 2.69. The van der Waals surface area contributed by atoms with Gasteiger partial charge in [0.1, 0.15) is 4.21 Å². The molecule has 1 aromatic carbocycles. The van der Waals surface area contributed by atoms with Gasteiger partial charge in [-0.1, -0.05) is 56.3 Å². The second kappa shape index (κ2) is 8.34. The van der Waals surface area contributed by atoms with Crippen molar-refractivity contribution in [2.75, 3.05) is 5.32 Å². The summed E-state index contributed by atoms with van der Waals surface area (Å²) in [6, 6.07) is 8.50. The van der Waals surface area contributed by atoms with Crippen molar-refractivity contribution in [3.8, 4) is 6.19 Å². The lowest BCUT2D eigenvalue weighted by atomic mass is 9.93. The lowest BCUT2D eigenvalue weighted by Crippen LogP contribution is -2.34. The summed E-state index contributed by atoms with van der Waals surface area (Å²) in [6.45, 7) is 8.18. The molecule has 0 radical (unpaired) electrons. The second-order valence-corrected chi connectivity index (χ2v) is 9.41. The molecule has 2 rings (SSSR count). The summed E-state index contributed by atoms with van der Waals surface area (Å²) >= 11 is 1.17. The van der Waals surface area contributed by atoms with Crippen molar-refractivity contribution in [3.63, 3.8) is 0 Å². The number of thiophene rings is 1. The van der Waals surface area contributed by atoms with E-state index in [1.807, 2.05) is 45.9 Å². The molecule has 26 heavy (non-hydrogen) atoms. The van der Waals surface area contributed by atoms with Crippen LogP contribution in [0.5, 0.6) is 0 Å². The Morgan fingerprint density at radius 2 is 1.77 bits per heavy atom. The fourth-order valence-corrected chi connectivity index (χ4v) is 4.85. The molecule has 0 aliphatic rings. The number of urea groups is 1. The standard InChI is InChI=1S/C18H22N4O2S2/c1-12(2)14-7-5-8-15(13(3)4)17(14)21-18(23)22-26(24,20-11-19)16-9-6-10-25-16/h5-10,12-13H,1-4H3,(H2,20,21,22,23,24). The quantitative estimate of drug-likeness (QED) is 0.700. The number of hydrogen-bond donors (Lipinski definition) is 2. The molecule has 1 unspecified atom stereocenters. The minimum absolute atomic E-state index is 0.203. The average Bonchev–Trinajstić information content (AvgIpc) is 3.09. The SMILES string of the molecule is CC(C)c1cccc(C(C)C)c1NC(=O)NS(=O)(=NC#N)c1cccs1. The van der Waals surface area contributed by atoms with Crippen LogP contribution in [0.25, 0.3) is 0 Å². The molecule has 0 aliphatic heterocycles. The van der Waals surface area contributed by atoms with E-state index in [0.717, 1.165) is 11.1 Å². The topological polar surface area (TPSA) is 94.3 Å². The summed E-state index contributed by atoms with van der Waals surface area (Å²) in [5, 5.41) is 13.4. The van der Waals surface area contributed by atoms with Gasteiger partial charge in [0, 0.05) is 5.69 Å². The van der Waals surface area contributed by atoms with E-state index < -0.39 is 15.9 Å². The molecule has 6 nitrogen and oxygen atoms in total. The Labute approximate surface area is 158 Å². The predicted octanol–water partition coefficient (Wildman–Crippen LogP) is 5.04. The van der Waals surface area contributed by atoms with Crippen LogP contribution in [0.3, 0.4) is 0 Å². The minimum Gasteiger partial charge on any atom is -0.307 e. The molecule has 8 heteroatoms. The van der Waals surface area contributed by atoms with E-state index in [-0.39, 0.29) is 11.8 Å². The molecule has 2 aromatic rings. The first-order chi connectivity index (χ1) is 12.3. The van der Waals surface area contributed by atoms with Gasteiger partial charge in [0.25, 0.3) is 0 Å². The van der Waals surface area contributed by atoms with Crippen molar-refractivity contribution in [2.24, 2.45) is 4.36 Å². The molecule has 2 N–H and O–H groups in total. The second-order valence-electron chi connectivity index (χ2n) is 6.33. The first-order valence-electron chi connectivity index (χ1n) is 8.18. The Morgan fingerprint density at radius 3 is 2.23 bits per heavy atom. The van der Waals surface area contributed by atoms with Gasteiger partial charge < -0.3 is 5.32 Å². The third-order valence-corrected chi connectivity index (χ3v) is 6.89.